The molecule has 1 aliphatic carbocycles. The average molecular weight is 501 g/mol. The van der Waals surface area contributed by atoms with E-state index in [1.165, 1.54) is 92.4 Å². The van der Waals surface area contributed by atoms with Crippen molar-refractivity contribution in [2.75, 3.05) is 0 Å². The lowest BCUT2D eigenvalue weighted by atomic mass is 9.81. The summed E-state index contributed by atoms with van der Waals surface area (Å²) in [5, 5.41) is 7.80. The molecule has 2 heterocycles. The van der Waals surface area contributed by atoms with Gasteiger partial charge in [-0.2, -0.15) is 0 Å². The first-order valence-electron chi connectivity index (χ1n) is 14.4. The van der Waals surface area contributed by atoms with Crippen LogP contribution in [0.5, 0.6) is 11.5 Å². The molecule has 1 aliphatic heterocycles. The van der Waals surface area contributed by atoms with Crippen molar-refractivity contribution in [3.05, 3.63) is 77.5 Å². The van der Waals surface area contributed by atoms with Crippen LogP contribution in [0.25, 0.3) is 43.6 Å². The Balaban J connectivity index is 1.53. The fourth-order valence-corrected chi connectivity index (χ4v) is 7.22. The van der Waals surface area contributed by atoms with Gasteiger partial charge in [-0.05, 0) is 69.8 Å². The Morgan fingerprint density at radius 3 is 2.42 bits per heavy atom. The summed E-state index contributed by atoms with van der Waals surface area (Å²) in [7, 11) is 2.19. The normalized spacial score (nSPS) is 15.4. The number of ether oxygens (including phenoxy) is 1. The van der Waals surface area contributed by atoms with Crippen molar-refractivity contribution in [3.8, 4) is 22.8 Å². The lowest BCUT2D eigenvalue weighted by molar-refractivity contribution is -0.659. The molecule has 2 aliphatic rings. The van der Waals surface area contributed by atoms with Crippen LogP contribution < -0.4 is 9.30 Å². The number of hydrogen-bond donors (Lipinski definition) is 0. The van der Waals surface area contributed by atoms with Crippen LogP contribution in [0, 0.1) is 18.3 Å². The van der Waals surface area contributed by atoms with Crippen molar-refractivity contribution in [2.24, 2.45) is 18.4 Å². The lowest BCUT2D eigenvalue weighted by Crippen LogP contribution is -2.32. The average Bonchev–Trinajstić information content (AvgIpc) is 3.40. The summed E-state index contributed by atoms with van der Waals surface area (Å²) in [5.41, 5.74) is 6.77. The molecule has 0 atom stereocenters. The van der Waals surface area contributed by atoms with Gasteiger partial charge in [0, 0.05) is 17.0 Å². The van der Waals surface area contributed by atoms with Gasteiger partial charge in [0.15, 0.2) is 6.20 Å². The number of fused-ring (bicyclic) bond motifs is 5. The molecular weight excluding hydrogens is 462 g/mol. The molecule has 38 heavy (non-hydrogen) atoms. The van der Waals surface area contributed by atoms with Crippen LogP contribution in [0.15, 0.2) is 60.8 Å². The van der Waals surface area contributed by atoms with Crippen molar-refractivity contribution in [1.82, 2.24) is 0 Å². The highest BCUT2D eigenvalue weighted by atomic mass is 16.5. The molecule has 2 nitrogen and oxygen atoms in total. The second-order valence-corrected chi connectivity index (χ2v) is 13.0. The lowest BCUT2D eigenvalue weighted by Gasteiger charge is -2.28. The molecule has 0 radical (unpaired) electrons. The van der Waals surface area contributed by atoms with Crippen LogP contribution in [-0.4, -0.2) is 0 Å². The van der Waals surface area contributed by atoms with Crippen molar-refractivity contribution < 1.29 is 9.30 Å². The zero-order valence-corrected chi connectivity index (χ0v) is 23.4. The van der Waals surface area contributed by atoms with Crippen molar-refractivity contribution in [1.29, 1.82) is 0 Å². The number of nitrogens with zero attached hydrogens (tertiary/aromatic N) is 1. The van der Waals surface area contributed by atoms with Crippen molar-refractivity contribution in [3.63, 3.8) is 0 Å². The van der Waals surface area contributed by atoms with E-state index in [0.717, 1.165) is 23.8 Å². The number of pyridine rings is 1. The van der Waals surface area contributed by atoms with Crippen molar-refractivity contribution >= 4 is 32.3 Å². The van der Waals surface area contributed by atoms with Gasteiger partial charge in [-0.25, -0.2) is 4.57 Å². The van der Waals surface area contributed by atoms with E-state index in [0.29, 0.717) is 0 Å². The van der Waals surface area contributed by atoms with E-state index in [2.05, 4.69) is 100 Å². The quantitative estimate of drug-likeness (QED) is 0.174. The van der Waals surface area contributed by atoms with Gasteiger partial charge in [0.1, 0.15) is 18.5 Å². The highest BCUT2D eigenvalue weighted by Gasteiger charge is 2.34. The molecule has 1 fully saturated rings. The molecule has 192 valence electrons. The first kappa shape index (κ1) is 23.7. The van der Waals surface area contributed by atoms with Crippen LogP contribution in [0.4, 0.5) is 0 Å². The van der Waals surface area contributed by atoms with E-state index in [1.54, 1.807) is 0 Å². The smallest absolute Gasteiger partial charge is 0.228 e. The first-order chi connectivity index (χ1) is 18.3. The third-order valence-corrected chi connectivity index (χ3v) is 8.95. The number of benzene rings is 4. The summed E-state index contributed by atoms with van der Waals surface area (Å²) in [5.74, 6) is 2.88. The second kappa shape index (κ2) is 8.56. The van der Waals surface area contributed by atoms with Gasteiger partial charge in [0.2, 0.25) is 5.69 Å². The zero-order chi connectivity index (χ0) is 26.2. The third kappa shape index (κ3) is 3.72. The molecule has 0 unspecified atom stereocenters. The van der Waals surface area contributed by atoms with Gasteiger partial charge in [-0.1, -0.05) is 88.9 Å². The monoisotopic (exact) mass is 500 g/mol. The van der Waals surface area contributed by atoms with Gasteiger partial charge in [-0.3, -0.25) is 0 Å². The number of rotatable bonds is 3. The fourth-order valence-electron chi connectivity index (χ4n) is 7.22. The van der Waals surface area contributed by atoms with Crippen LogP contribution in [0.2, 0.25) is 0 Å². The summed E-state index contributed by atoms with van der Waals surface area (Å²) in [6, 6.07) is 20.6. The van der Waals surface area contributed by atoms with E-state index < -0.39 is 0 Å². The van der Waals surface area contributed by atoms with Gasteiger partial charge in [0.05, 0.1) is 10.9 Å². The van der Waals surface area contributed by atoms with E-state index in [1.807, 2.05) is 0 Å². The minimum absolute atomic E-state index is 0.142. The summed E-state index contributed by atoms with van der Waals surface area (Å²) in [6.07, 6.45) is 9.96. The predicted octanol–water partition coefficient (Wildman–Crippen LogP) is 9.37. The largest absolute Gasteiger partial charge is 0.455 e. The fraction of sp³-hybridized carbons (Fsp3) is 0.361. The topological polar surface area (TPSA) is 13.1 Å². The Labute approximate surface area is 226 Å². The summed E-state index contributed by atoms with van der Waals surface area (Å²) < 4.78 is 9.31. The van der Waals surface area contributed by atoms with Crippen LogP contribution in [0.3, 0.4) is 0 Å². The second-order valence-electron chi connectivity index (χ2n) is 13.0. The predicted molar refractivity (Wildman–Crippen MR) is 159 cm³/mol. The Morgan fingerprint density at radius 1 is 0.895 bits per heavy atom. The Hall–Kier alpha value is -3.39. The molecule has 1 saturated carbocycles. The molecular formula is C36H38NO+. The molecule has 0 spiro atoms. The summed E-state index contributed by atoms with van der Waals surface area (Å²) in [4.78, 5) is 0. The van der Waals surface area contributed by atoms with E-state index in [9.17, 15) is 0 Å². The molecule has 0 N–H and O–H groups in total. The van der Waals surface area contributed by atoms with Crippen molar-refractivity contribution in [2.45, 2.75) is 66.2 Å². The highest BCUT2D eigenvalue weighted by Crippen LogP contribution is 2.52. The first-order valence-corrected chi connectivity index (χ1v) is 14.4. The minimum atomic E-state index is 0.142. The number of aromatic nitrogens is 1. The highest BCUT2D eigenvalue weighted by molar-refractivity contribution is 6.16. The summed E-state index contributed by atoms with van der Waals surface area (Å²) in [6.45, 7) is 9.24. The van der Waals surface area contributed by atoms with E-state index >= 15 is 0 Å². The van der Waals surface area contributed by atoms with Gasteiger partial charge >= 0.3 is 0 Å². The zero-order valence-electron chi connectivity index (χ0n) is 23.4. The standard InChI is InChI=1S/C36H38NO/c1-22-26-12-8-9-13-27(26)30(21-36(2,3)4)35-32(22)34-33-28(16-17-37(34)5)29-19-24(18-23-10-6-7-11-23)14-15-25(29)20-31(33)38-35/h8-9,12-17,19-20,23H,6-7,10-11,18,21H2,1-5H3/q+1. The Bertz CT molecular complexity index is 1750. The molecule has 1 aromatic heterocycles. The molecule has 7 rings (SSSR count). The third-order valence-electron chi connectivity index (χ3n) is 8.95. The Morgan fingerprint density at radius 2 is 1.66 bits per heavy atom. The SMILES string of the molecule is Cc1c2c(c(CC(C)(C)C)c3ccccc13)Oc1cc3ccc(CC4CCCC4)cc3c3cc[n+](C)c-2c13. The van der Waals surface area contributed by atoms with Crippen LogP contribution in [0.1, 0.15) is 63.1 Å². The number of hydrogen-bond acceptors (Lipinski definition) is 1. The maximum absolute atomic E-state index is 7.00. The van der Waals surface area contributed by atoms with E-state index in [-0.39, 0.29) is 5.41 Å². The van der Waals surface area contributed by atoms with E-state index in [4.69, 9.17) is 4.74 Å². The molecule has 4 aromatic carbocycles. The Kier molecular flexibility index (Phi) is 5.34. The summed E-state index contributed by atoms with van der Waals surface area (Å²) >= 11 is 0. The maximum Gasteiger partial charge on any atom is 0.228 e. The number of aryl methyl sites for hydroxylation is 2. The van der Waals surface area contributed by atoms with Crippen LogP contribution in [-0.2, 0) is 19.9 Å². The molecule has 5 aromatic rings. The molecule has 0 saturated heterocycles. The molecule has 0 amide bonds. The van der Waals surface area contributed by atoms with Crippen LogP contribution >= 0.6 is 0 Å². The van der Waals surface area contributed by atoms with Gasteiger partial charge < -0.3 is 4.74 Å². The molecule has 0 bridgehead atoms. The van der Waals surface area contributed by atoms with Gasteiger partial charge in [-0.15, -0.1) is 0 Å². The molecule has 2 heteroatoms. The van der Waals surface area contributed by atoms with Gasteiger partial charge in [0.25, 0.3) is 0 Å². The minimum Gasteiger partial charge on any atom is -0.455 e. The maximum atomic E-state index is 7.00.